The molecule has 0 aromatic heterocycles. The van der Waals surface area contributed by atoms with Gasteiger partial charge in [0.25, 0.3) is 0 Å². The molecule has 0 atom stereocenters. The van der Waals surface area contributed by atoms with E-state index >= 15 is 0 Å². The van der Waals surface area contributed by atoms with Crippen molar-refractivity contribution in [2.24, 2.45) is 0 Å². The molecular weight excluding hydrogens is 216 g/mol. The minimum atomic E-state index is -0.709. The van der Waals surface area contributed by atoms with E-state index in [1.54, 1.807) is 0 Å². The Hall–Kier alpha value is -1.08. The Morgan fingerprint density at radius 2 is 2.06 bits per heavy atom. The molecule has 4 nitrogen and oxygen atoms in total. The summed E-state index contributed by atoms with van der Waals surface area (Å²) in [6.45, 7) is 0.820. The molecule has 0 aromatic rings. The molecule has 17 heavy (non-hydrogen) atoms. The first kappa shape index (κ1) is 14.0. The number of carboxylic acid groups (broad SMARTS) is 1. The predicted molar refractivity (Wildman–Crippen MR) is 65.5 cm³/mol. The van der Waals surface area contributed by atoms with Gasteiger partial charge >= 0.3 is 5.97 Å². The highest BCUT2D eigenvalue weighted by Gasteiger charge is 2.37. The number of nitriles is 1. The largest absolute Gasteiger partial charge is 0.481 e. The number of nitrogens with zero attached hydrogens (tertiary/aromatic N) is 2. The van der Waals surface area contributed by atoms with Crippen LogP contribution < -0.4 is 0 Å². The highest BCUT2D eigenvalue weighted by Crippen LogP contribution is 2.35. The molecule has 1 aliphatic rings. The van der Waals surface area contributed by atoms with Crippen molar-refractivity contribution < 1.29 is 9.90 Å². The van der Waals surface area contributed by atoms with E-state index in [4.69, 9.17) is 10.4 Å². The summed E-state index contributed by atoms with van der Waals surface area (Å²) in [4.78, 5) is 13.2. The molecule has 96 valence electrons. The van der Waals surface area contributed by atoms with Gasteiger partial charge in [-0.3, -0.25) is 4.79 Å². The zero-order chi connectivity index (χ0) is 12.7. The molecule has 1 saturated carbocycles. The third kappa shape index (κ3) is 4.01. The molecule has 0 amide bonds. The summed E-state index contributed by atoms with van der Waals surface area (Å²) < 4.78 is 0. The summed E-state index contributed by atoms with van der Waals surface area (Å²) in [7, 11) is 2.01. The number of rotatable bonds is 6. The maximum atomic E-state index is 11.0. The monoisotopic (exact) mass is 238 g/mol. The van der Waals surface area contributed by atoms with Crippen molar-refractivity contribution in [2.75, 3.05) is 13.6 Å². The summed E-state index contributed by atoms with van der Waals surface area (Å²) in [5, 5.41) is 17.6. The maximum Gasteiger partial charge on any atom is 0.305 e. The number of hydrogen-bond acceptors (Lipinski definition) is 3. The van der Waals surface area contributed by atoms with Crippen molar-refractivity contribution in [1.29, 1.82) is 5.26 Å². The summed E-state index contributed by atoms with van der Waals surface area (Å²) >= 11 is 0. The third-order valence-electron chi connectivity index (χ3n) is 3.86. The molecule has 0 unspecified atom stereocenters. The fourth-order valence-electron chi connectivity index (χ4n) is 2.82. The number of carboxylic acids is 1. The van der Waals surface area contributed by atoms with E-state index < -0.39 is 5.97 Å². The van der Waals surface area contributed by atoms with Crippen molar-refractivity contribution in [3.8, 4) is 6.07 Å². The number of unbranched alkanes of at least 4 members (excludes halogenated alkanes) is 1. The minimum absolute atomic E-state index is 0.167. The Balaban J connectivity index is 2.61. The van der Waals surface area contributed by atoms with Crippen molar-refractivity contribution in [2.45, 2.75) is 56.9 Å². The second-order valence-electron chi connectivity index (χ2n) is 5.04. The SMILES string of the molecule is CN(CCCC#N)C1(CC(=O)O)CCCCC1. The molecule has 1 aliphatic carbocycles. The number of carbonyl (C=O) groups is 1. The molecule has 1 fully saturated rings. The van der Waals surface area contributed by atoms with Crippen molar-refractivity contribution >= 4 is 5.97 Å². The van der Waals surface area contributed by atoms with E-state index in [1.165, 1.54) is 6.42 Å². The van der Waals surface area contributed by atoms with Crippen LogP contribution in [-0.2, 0) is 4.79 Å². The number of aliphatic carboxylic acids is 1. The Labute approximate surface area is 103 Å². The van der Waals surface area contributed by atoms with Gasteiger partial charge in [0.05, 0.1) is 12.5 Å². The molecule has 0 aromatic carbocycles. The summed E-state index contributed by atoms with van der Waals surface area (Å²) in [6, 6.07) is 2.14. The molecule has 1 N–H and O–H groups in total. The normalized spacial score (nSPS) is 18.9. The van der Waals surface area contributed by atoms with Crippen molar-refractivity contribution in [3.05, 3.63) is 0 Å². The van der Waals surface area contributed by atoms with Gasteiger partial charge in [0.2, 0.25) is 0 Å². The van der Waals surface area contributed by atoms with E-state index in [9.17, 15) is 4.79 Å². The fourth-order valence-corrected chi connectivity index (χ4v) is 2.82. The Kier molecular flexibility index (Phi) is 5.43. The molecule has 4 heteroatoms. The molecule has 1 rings (SSSR count). The van der Waals surface area contributed by atoms with Gasteiger partial charge in [0.15, 0.2) is 0 Å². The van der Waals surface area contributed by atoms with Crippen LogP contribution in [0.25, 0.3) is 0 Å². The molecule has 0 spiro atoms. The van der Waals surface area contributed by atoms with Gasteiger partial charge in [-0.25, -0.2) is 0 Å². The lowest BCUT2D eigenvalue weighted by atomic mass is 9.78. The van der Waals surface area contributed by atoms with Crippen molar-refractivity contribution in [1.82, 2.24) is 4.90 Å². The van der Waals surface area contributed by atoms with E-state index in [1.807, 2.05) is 7.05 Å². The van der Waals surface area contributed by atoms with Crippen LogP contribution in [0.1, 0.15) is 51.4 Å². The van der Waals surface area contributed by atoms with E-state index in [0.29, 0.717) is 6.42 Å². The van der Waals surface area contributed by atoms with E-state index in [2.05, 4.69) is 11.0 Å². The van der Waals surface area contributed by atoms with Crippen LogP contribution >= 0.6 is 0 Å². The van der Waals surface area contributed by atoms with Gasteiger partial charge in [-0.2, -0.15) is 5.26 Å². The van der Waals surface area contributed by atoms with Crippen LogP contribution in [-0.4, -0.2) is 35.1 Å². The fraction of sp³-hybridized carbons (Fsp3) is 0.846. The summed E-state index contributed by atoms with van der Waals surface area (Å²) in [6.07, 6.45) is 7.02. The van der Waals surface area contributed by atoms with Gasteiger partial charge < -0.3 is 10.0 Å². The Morgan fingerprint density at radius 1 is 1.41 bits per heavy atom. The first-order chi connectivity index (χ1) is 8.10. The van der Waals surface area contributed by atoms with Crippen LogP contribution in [0.3, 0.4) is 0 Å². The molecule has 0 heterocycles. The Bertz CT molecular complexity index is 290. The molecule has 0 bridgehead atoms. The predicted octanol–water partition coefficient (Wildman–Crippen LogP) is 2.40. The highest BCUT2D eigenvalue weighted by molar-refractivity contribution is 5.68. The molecule has 0 radical (unpaired) electrons. The zero-order valence-electron chi connectivity index (χ0n) is 10.6. The number of hydrogen-bond donors (Lipinski definition) is 1. The lowest BCUT2D eigenvalue weighted by Gasteiger charge is -2.44. The van der Waals surface area contributed by atoms with Crippen LogP contribution in [0.4, 0.5) is 0 Å². The van der Waals surface area contributed by atoms with E-state index in [-0.39, 0.29) is 12.0 Å². The van der Waals surface area contributed by atoms with Crippen molar-refractivity contribution in [3.63, 3.8) is 0 Å². The molecular formula is C13H22N2O2. The van der Waals surface area contributed by atoms with Crippen LogP contribution in [0.15, 0.2) is 0 Å². The first-order valence-corrected chi connectivity index (χ1v) is 6.41. The van der Waals surface area contributed by atoms with Gasteiger partial charge in [0.1, 0.15) is 0 Å². The smallest absolute Gasteiger partial charge is 0.305 e. The minimum Gasteiger partial charge on any atom is -0.481 e. The second-order valence-corrected chi connectivity index (χ2v) is 5.04. The van der Waals surface area contributed by atoms with E-state index in [0.717, 1.165) is 38.6 Å². The van der Waals surface area contributed by atoms with Crippen LogP contribution in [0.2, 0.25) is 0 Å². The highest BCUT2D eigenvalue weighted by atomic mass is 16.4. The average molecular weight is 238 g/mol. The second kappa shape index (κ2) is 6.61. The van der Waals surface area contributed by atoms with Gasteiger partial charge in [-0.05, 0) is 32.9 Å². The standard InChI is InChI=1S/C13H22N2O2/c1-15(10-6-5-9-14)13(11-12(16)17)7-3-2-4-8-13/h2-8,10-11H2,1H3,(H,16,17). The topological polar surface area (TPSA) is 64.3 Å². The molecule has 0 saturated heterocycles. The lowest BCUT2D eigenvalue weighted by Crippen LogP contribution is -2.49. The third-order valence-corrected chi connectivity index (χ3v) is 3.86. The first-order valence-electron chi connectivity index (χ1n) is 6.41. The Morgan fingerprint density at radius 3 is 2.59 bits per heavy atom. The lowest BCUT2D eigenvalue weighted by molar-refractivity contribution is -0.141. The van der Waals surface area contributed by atoms with Gasteiger partial charge in [0, 0.05) is 12.0 Å². The average Bonchev–Trinajstić information content (AvgIpc) is 2.29. The summed E-state index contributed by atoms with van der Waals surface area (Å²) in [5.41, 5.74) is -0.167. The maximum absolute atomic E-state index is 11.0. The summed E-state index contributed by atoms with van der Waals surface area (Å²) in [5.74, 6) is -0.709. The van der Waals surface area contributed by atoms with Gasteiger partial charge in [-0.15, -0.1) is 0 Å². The van der Waals surface area contributed by atoms with Crippen LogP contribution in [0, 0.1) is 11.3 Å². The quantitative estimate of drug-likeness (QED) is 0.722. The zero-order valence-corrected chi connectivity index (χ0v) is 10.6. The molecule has 0 aliphatic heterocycles. The van der Waals surface area contributed by atoms with Crippen LogP contribution in [0.5, 0.6) is 0 Å². The van der Waals surface area contributed by atoms with Gasteiger partial charge in [-0.1, -0.05) is 19.3 Å².